The van der Waals surface area contributed by atoms with Crippen molar-refractivity contribution in [2.24, 2.45) is 5.92 Å². The molecule has 0 atom stereocenters. The van der Waals surface area contributed by atoms with Crippen LogP contribution < -0.4 is 5.32 Å². The highest BCUT2D eigenvalue weighted by Crippen LogP contribution is 2.19. The summed E-state index contributed by atoms with van der Waals surface area (Å²) in [6.07, 6.45) is 0. The molecule has 0 aromatic carbocycles. The van der Waals surface area contributed by atoms with E-state index in [2.05, 4.69) is 48.0 Å². The molecule has 1 aliphatic rings. The summed E-state index contributed by atoms with van der Waals surface area (Å²) in [7, 11) is 0. The van der Waals surface area contributed by atoms with Crippen LogP contribution in [-0.2, 0) is 13.1 Å². The zero-order valence-corrected chi connectivity index (χ0v) is 14.0. The molecule has 1 aromatic heterocycles. The molecule has 0 aliphatic carbocycles. The summed E-state index contributed by atoms with van der Waals surface area (Å²) >= 11 is 1.97. The van der Waals surface area contributed by atoms with E-state index in [0.29, 0.717) is 0 Å². The lowest BCUT2D eigenvalue weighted by atomic mass is 10.2. The van der Waals surface area contributed by atoms with Gasteiger partial charge < -0.3 is 10.2 Å². The van der Waals surface area contributed by atoms with Crippen LogP contribution in [0.15, 0.2) is 12.1 Å². The van der Waals surface area contributed by atoms with Gasteiger partial charge in [-0.2, -0.15) is 0 Å². The summed E-state index contributed by atoms with van der Waals surface area (Å²) in [6.45, 7) is 16.1. The molecule has 4 heteroatoms. The fraction of sp³-hybridized carbons (Fsp3) is 0.750. The van der Waals surface area contributed by atoms with Crippen molar-refractivity contribution in [2.75, 3.05) is 39.3 Å². The minimum atomic E-state index is 0.726. The molecule has 1 saturated heterocycles. The maximum Gasteiger partial charge on any atom is 0.0329 e. The first-order valence-corrected chi connectivity index (χ1v) is 8.72. The standard InChI is InChI=1S/C16H29N3S/c1-4-18-7-9-19(10-8-18)13-16-6-5-15(20-16)12-17-11-14(2)3/h5-6,14,17H,4,7-13H2,1-3H3. The number of hydrogen-bond donors (Lipinski definition) is 1. The van der Waals surface area contributed by atoms with Gasteiger partial charge in [-0.25, -0.2) is 0 Å². The summed E-state index contributed by atoms with van der Waals surface area (Å²) in [5.74, 6) is 0.726. The topological polar surface area (TPSA) is 18.5 Å². The number of likely N-dealkylation sites (N-methyl/N-ethyl adjacent to an activating group) is 1. The number of nitrogens with one attached hydrogen (secondary N) is 1. The molecule has 1 N–H and O–H groups in total. The van der Waals surface area contributed by atoms with Gasteiger partial charge in [0.05, 0.1) is 0 Å². The number of rotatable bonds is 7. The number of thiophene rings is 1. The van der Waals surface area contributed by atoms with E-state index < -0.39 is 0 Å². The van der Waals surface area contributed by atoms with Crippen molar-refractivity contribution in [2.45, 2.75) is 33.9 Å². The van der Waals surface area contributed by atoms with E-state index in [-0.39, 0.29) is 0 Å². The summed E-state index contributed by atoms with van der Waals surface area (Å²) in [5, 5.41) is 3.52. The van der Waals surface area contributed by atoms with Crippen molar-refractivity contribution in [3.05, 3.63) is 21.9 Å². The average molecular weight is 295 g/mol. The van der Waals surface area contributed by atoms with Gasteiger partial charge in [0.1, 0.15) is 0 Å². The largest absolute Gasteiger partial charge is 0.312 e. The first-order valence-electron chi connectivity index (χ1n) is 7.90. The average Bonchev–Trinajstić information content (AvgIpc) is 2.87. The quantitative estimate of drug-likeness (QED) is 0.834. The SMILES string of the molecule is CCN1CCN(Cc2ccc(CNCC(C)C)s2)CC1. The molecule has 0 radical (unpaired) electrons. The second-order valence-corrected chi connectivity index (χ2v) is 7.36. The molecule has 0 amide bonds. The monoisotopic (exact) mass is 295 g/mol. The maximum atomic E-state index is 3.52. The third-order valence-corrected chi connectivity index (χ3v) is 4.93. The predicted octanol–water partition coefficient (Wildman–Crippen LogP) is 2.63. The molecule has 114 valence electrons. The minimum absolute atomic E-state index is 0.726. The second kappa shape index (κ2) is 8.13. The summed E-state index contributed by atoms with van der Waals surface area (Å²) < 4.78 is 0. The van der Waals surface area contributed by atoms with E-state index in [1.807, 2.05) is 11.3 Å². The van der Waals surface area contributed by atoms with Gasteiger partial charge in [-0.1, -0.05) is 20.8 Å². The molecule has 2 heterocycles. The van der Waals surface area contributed by atoms with E-state index in [4.69, 9.17) is 0 Å². The molecule has 0 spiro atoms. The van der Waals surface area contributed by atoms with Crippen molar-refractivity contribution in [3.63, 3.8) is 0 Å². The Kier molecular flexibility index (Phi) is 6.49. The lowest BCUT2D eigenvalue weighted by Crippen LogP contribution is -2.45. The molecule has 2 rings (SSSR count). The van der Waals surface area contributed by atoms with Crippen LogP contribution in [0.25, 0.3) is 0 Å². The smallest absolute Gasteiger partial charge is 0.0329 e. The predicted molar refractivity (Wildman–Crippen MR) is 88.3 cm³/mol. The Labute approximate surface area is 128 Å². The zero-order valence-electron chi connectivity index (χ0n) is 13.2. The van der Waals surface area contributed by atoms with Crippen molar-refractivity contribution in [3.8, 4) is 0 Å². The van der Waals surface area contributed by atoms with E-state index in [0.717, 1.165) is 25.6 Å². The van der Waals surface area contributed by atoms with Gasteiger partial charge in [0.25, 0.3) is 0 Å². The normalized spacial score (nSPS) is 18.0. The van der Waals surface area contributed by atoms with Crippen LogP contribution in [0, 0.1) is 5.92 Å². The third-order valence-electron chi connectivity index (χ3n) is 3.86. The highest BCUT2D eigenvalue weighted by atomic mass is 32.1. The van der Waals surface area contributed by atoms with E-state index in [1.54, 1.807) is 0 Å². The summed E-state index contributed by atoms with van der Waals surface area (Å²) in [6, 6.07) is 4.60. The van der Waals surface area contributed by atoms with Gasteiger partial charge in [-0.05, 0) is 31.1 Å². The van der Waals surface area contributed by atoms with E-state index in [9.17, 15) is 0 Å². The molecule has 1 fully saturated rings. The molecular formula is C16H29N3S. The molecule has 0 saturated carbocycles. The van der Waals surface area contributed by atoms with Crippen molar-refractivity contribution < 1.29 is 0 Å². The van der Waals surface area contributed by atoms with Crippen molar-refractivity contribution in [1.29, 1.82) is 0 Å². The van der Waals surface area contributed by atoms with Crippen LogP contribution in [-0.4, -0.2) is 49.1 Å². The number of hydrogen-bond acceptors (Lipinski definition) is 4. The first-order chi connectivity index (χ1) is 9.67. The lowest BCUT2D eigenvalue weighted by Gasteiger charge is -2.33. The Morgan fingerprint density at radius 3 is 2.40 bits per heavy atom. The Hall–Kier alpha value is -0.420. The molecule has 20 heavy (non-hydrogen) atoms. The van der Waals surface area contributed by atoms with Crippen LogP contribution in [0.3, 0.4) is 0 Å². The van der Waals surface area contributed by atoms with Gasteiger partial charge >= 0.3 is 0 Å². The Bertz CT molecular complexity index is 381. The van der Waals surface area contributed by atoms with Crippen LogP contribution >= 0.6 is 11.3 Å². The van der Waals surface area contributed by atoms with Gasteiger partial charge in [-0.15, -0.1) is 11.3 Å². The second-order valence-electron chi connectivity index (χ2n) is 6.10. The summed E-state index contributed by atoms with van der Waals surface area (Å²) in [5.41, 5.74) is 0. The highest BCUT2D eigenvalue weighted by molar-refractivity contribution is 7.11. The summed E-state index contributed by atoms with van der Waals surface area (Å²) in [4.78, 5) is 8.10. The van der Waals surface area contributed by atoms with E-state index >= 15 is 0 Å². The van der Waals surface area contributed by atoms with Crippen LogP contribution in [0.5, 0.6) is 0 Å². The zero-order chi connectivity index (χ0) is 14.4. The van der Waals surface area contributed by atoms with Crippen molar-refractivity contribution >= 4 is 11.3 Å². The fourth-order valence-corrected chi connectivity index (χ4v) is 3.60. The molecule has 0 unspecified atom stereocenters. The molecular weight excluding hydrogens is 266 g/mol. The molecule has 0 bridgehead atoms. The number of nitrogens with zero attached hydrogens (tertiary/aromatic N) is 2. The maximum absolute atomic E-state index is 3.52. The van der Waals surface area contributed by atoms with Gasteiger partial charge in [-0.3, -0.25) is 4.90 Å². The fourth-order valence-electron chi connectivity index (χ4n) is 2.57. The van der Waals surface area contributed by atoms with E-state index in [1.165, 1.54) is 42.5 Å². The van der Waals surface area contributed by atoms with Gasteiger partial charge in [0.15, 0.2) is 0 Å². The third kappa shape index (κ3) is 5.17. The first kappa shape index (κ1) is 16.0. The molecule has 3 nitrogen and oxygen atoms in total. The number of piperazine rings is 1. The Morgan fingerprint density at radius 2 is 1.75 bits per heavy atom. The van der Waals surface area contributed by atoms with Crippen LogP contribution in [0.4, 0.5) is 0 Å². The molecule has 1 aliphatic heterocycles. The Morgan fingerprint density at radius 1 is 1.10 bits per heavy atom. The molecule has 1 aromatic rings. The highest BCUT2D eigenvalue weighted by Gasteiger charge is 2.16. The van der Waals surface area contributed by atoms with Crippen LogP contribution in [0.2, 0.25) is 0 Å². The van der Waals surface area contributed by atoms with Crippen molar-refractivity contribution in [1.82, 2.24) is 15.1 Å². The van der Waals surface area contributed by atoms with Gasteiger partial charge in [0, 0.05) is 49.0 Å². The van der Waals surface area contributed by atoms with Gasteiger partial charge in [0.2, 0.25) is 0 Å². The Balaban J connectivity index is 1.72. The van der Waals surface area contributed by atoms with Crippen LogP contribution in [0.1, 0.15) is 30.5 Å². The lowest BCUT2D eigenvalue weighted by molar-refractivity contribution is 0.133. The minimum Gasteiger partial charge on any atom is -0.312 e.